The second-order valence-electron chi connectivity index (χ2n) is 7.93. The van der Waals surface area contributed by atoms with Crippen molar-refractivity contribution in [2.45, 2.75) is 58.4 Å². The Balaban J connectivity index is 1.56. The van der Waals surface area contributed by atoms with Crippen molar-refractivity contribution in [2.75, 3.05) is 0 Å². The molecule has 2 nitrogen and oxygen atoms in total. The van der Waals surface area contributed by atoms with Crippen LogP contribution in [0.25, 0.3) is 11.1 Å². The molecule has 0 bridgehead atoms. The van der Waals surface area contributed by atoms with E-state index in [-0.39, 0.29) is 6.04 Å². The minimum atomic E-state index is 0.206. The SMILES string of the molecule is CCc1cc(C2=CC=C(c3cc4c(s3)C(C)C4)C3NSN=C23)sc1C(C)C. The second kappa shape index (κ2) is 6.73. The smallest absolute Gasteiger partial charge is 0.0887 e. The molecule has 3 aliphatic rings. The number of thiophene rings is 2. The van der Waals surface area contributed by atoms with Gasteiger partial charge in [0.05, 0.1) is 23.9 Å². The van der Waals surface area contributed by atoms with Gasteiger partial charge < -0.3 is 0 Å². The summed E-state index contributed by atoms with van der Waals surface area (Å²) in [6.07, 6.45) is 6.96. The Bertz CT molecular complexity index is 1000. The van der Waals surface area contributed by atoms with Crippen molar-refractivity contribution < 1.29 is 0 Å². The number of nitrogens with one attached hydrogen (secondary N) is 1. The predicted molar refractivity (Wildman–Crippen MR) is 122 cm³/mol. The monoisotopic (exact) mass is 412 g/mol. The quantitative estimate of drug-likeness (QED) is 0.571. The van der Waals surface area contributed by atoms with Gasteiger partial charge in [0, 0.05) is 25.1 Å². The molecule has 5 heteroatoms. The second-order valence-corrected chi connectivity index (χ2v) is 10.7. The number of allylic oxidation sites excluding steroid dienone is 2. The van der Waals surface area contributed by atoms with Crippen LogP contribution in [0.2, 0.25) is 0 Å². The fraction of sp³-hybridized carbons (Fsp3) is 0.409. The van der Waals surface area contributed by atoms with Gasteiger partial charge in [-0.3, -0.25) is 0 Å². The van der Waals surface area contributed by atoms with E-state index in [0.29, 0.717) is 5.92 Å². The number of nitrogens with zero attached hydrogens (tertiary/aromatic N) is 1. The third-order valence-corrected chi connectivity index (χ3v) is 9.32. The van der Waals surface area contributed by atoms with Crippen LogP contribution in [0.5, 0.6) is 0 Å². The summed E-state index contributed by atoms with van der Waals surface area (Å²) in [4.78, 5) is 5.88. The largest absolute Gasteiger partial charge is 0.231 e. The summed E-state index contributed by atoms with van der Waals surface area (Å²) in [7, 11) is 0. The van der Waals surface area contributed by atoms with Gasteiger partial charge in [-0.1, -0.05) is 39.8 Å². The van der Waals surface area contributed by atoms with E-state index in [9.17, 15) is 0 Å². The first-order valence-electron chi connectivity index (χ1n) is 9.74. The van der Waals surface area contributed by atoms with Crippen LogP contribution in [-0.4, -0.2) is 11.8 Å². The molecule has 3 heterocycles. The van der Waals surface area contributed by atoms with Crippen molar-refractivity contribution in [1.29, 1.82) is 0 Å². The van der Waals surface area contributed by atoms with Crippen molar-refractivity contribution in [2.24, 2.45) is 4.40 Å². The third kappa shape index (κ3) is 2.82. The maximum atomic E-state index is 4.79. The van der Waals surface area contributed by atoms with E-state index < -0.39 is 0 Å². The summed E-state index contributed by atoms with van der Waals surface area (Å²) >= 11 is 5.42. The minimum absolute atomic E-state index is 0.206. The molecule has 1 N–H and O–H groups in total. The van der Waals surface area contributed by atoms with Crippen LogP contribution < -0.4 is 4.72 Å². The third-order valence-electron chi connectivity index (χ3n) is 5.72. The van der Waals surface area contributed by atoms with Gasteiger partial charge >= 0.3 is 0 Å². The summed E-state index contributed by atoms with van der Waals surface area (Å²) in [5.74, 6) is 1.32. The van der Waals surface area contributed by atoms with Crippen molar-refractivity contribution in [3.63, 3.8) is 0 Å². The van der Waals surface area contributed by atoms with Crippen LogP contribution in [0, 0.1) is 0 Å². The van der Waals surface area contributed by atoms with Gasteiger partial charge in [0.2, 0.25) is 0 Å². The minimum Gasteiger partial charge on any atom is -0.231 e. The summed E-state index contributed by atoms with van der Waals surface area (Å²) in [6.45, 7) is 9.18. The molecule has 0 saturated carbocycles. The van der Waals surface area contributed by atoms with E-state index in [4.69, 9.17) is 4.40 Å². The first-order valence-corrected chi connectivity index (χ1v) is 12.1. The average molecular weight is 413 g/mol. The Morgan fingerprint density at radius 1 is 1.19 bits per heavy atom. The van der Waals surface area contributed by atoms with E-state index in [1.807, 2.05) is 22.7 Å². The number of aryl methyl sites for hydroxylation is 1. The highest BCUT2D eigenvalue weighted by molar-refractivity contribution is 7.96. The van der Waals surface area contributed by atoms with Gasteiger partial charge in [0.25, 0.3) is 0 Å². The van der Waals surface area contributed by atoms with Gasteiger partial charge in [0.15, 0.2) is 0 Å². The topological polar surface area (TPSA) is 24.4 Å². The molecule has 2 unspecified atom stereocenters. The molecule has 2 aliphatic carbocycles. The van der Waals surface area contributed by atoms with Crippen LogP contribution in [0.3, 0.4) is 0 Å². The summed E-state index contributed by atoms with van der Waals surface area (Å²) in [6, 6.07) is 5.01. The molecule has 0 fully saturated rings. The Labute approximate surface area is 173 Å². The normalized spacial score (nSPS) is 23.5. The fourth-order valence-electron chi connectivity index (χ4n) is 4.23. The number of rotatable bonds is 4. The highest BCUT2D eigenvalue weighted by Crippen LogP contribution is 2.46. The first-order chi connectivity index (χ1) is 13.1. The van der Waals surface area contributed by atoms with Gasteiger partial charge in [-0.25, -0.2) is 9.12 Å². The number of hydrogen-bond acceptors (Lipinski definition) is 5. The molecule has 140 valence electrons. The standard InChI is InChI=1S/C22H24N2S3/c1-5-13-9-17(25-21(13)11(2)3)15-6-7-16(20-19(15)23-27-24-20)18-10-14-8-12(4)22(14)26-18/h6-7,9-12,20,24H,5,8H2,1-4H3. The lowest BCUT2D eigenvalue weighted by Crippen LogP contribution is -2.31. The summed E-state index contributed by atoms with van der Waals surface area (Å²) in [5.41, 5.74) is 6.91. The van der Waals surface area contributed by atoms with Crippen molar-refractivity contribution in [3.05, 3.63) is 54.9 Å². The molecule has 0 saturated heterocycles. The summed E-state index contributed by atoms with van der Waals surface area (Å²) in [5, 5.41) is 0. The summed E-state index contributed by atoms with van der Waals surface area (Å²) < 4.78 is 8.33. The predicted octanol–water partition coefficient (Wildman–Crippen LogP) is 6.61. The lowest BCUT2D eigenvalue weighted by Gasteiger charge is -2.21. The molecule has 0 amide bonds. The molecule has 2 aromatic rings. The highest BCUT2D eigenvalue weighted by atomic mass is 32.2. The Kier molecular flexibility index (Phi) is 4.47. The molecule has 2 aromatic heterocycles. The van der Waals surface area contributed by atoms with Crippen molar-refractivity contribution >= 4 is 51.7 Å². The zero-order valence-electron chi connectivity index (χ0n) is 16.1. The molecule has 27 heavy (non-hydrogen) atoms. The molecule has 0 radical (unpaired) electrons. The van der Waals surface area contributed by atoms with Crippen LogP contribution in [0.4, 0.5) is 0 Å². The van der Waals surface area contributed by atoms with Gasteiger partial charge in [-0.05, 0) is 53.5 Å². The molecule has 0 spiro atoms. The van der Waals surface area contributed by atoms with Crippen LogP contribution >= 0.6 is 34.8 Å². The Morgan fingerprint density at radius 3 is 2.70 bits per heavy atom. The average Bonchev–Trinajstić information content (AvgIpc) is 3.36. The molecular weight excluding hydrogens is 388 g/mol. The van der Waals surface area contributed by atoms with E-state index in [1.165, 1.54) is 55.6 Å². The van der Waals surface area contributed by atoms with Crippen molar-refractivity contribution in [1.82, 2.24) is 4.72 Å². The Hall–Kier alpha value is -1.14. The van der Waals surface area contributed by atoms with Crippen molar-refractivity contribution in [3.8, 4) is 0 Å². The van der Waals surface area contributed by atoms with Crippen LogP contribution in [0.1, 0.15) is 70.2 Å². The van der Waals surface area contributed by atoms with Gasteiger partial charge in [-0.15, -0.1) is 22.7 Å². The fourth-order valence-corrected chi connectivity index (χ4v) is 7.52. The maximum Gasteiger partial charge on any atom is 0.0887 e. The van der Waals surface area contributed by atoms with Crippen LogP contribution in [-0.2, 0) is 12.8 Å². The van der Waals surface area contributed by atoms with E-state index in [2.05, 4.69) is 56.7 Å². The van der Waals surface area contributed by atoms with E-state index in [0.717, 1.165) is 12.3 Å². The zero-order valence-corrected chi connectivity index (χ0v) is 18.6. The molecule has 2 atom stereocenters. The first kappa shape index (κ1) is 17.9. The zero-order chi connectivity index (χ0) is 18.7. The molecule has 1 aliphatic heterocycles. The molecule has 5 rings (SSSR count). The van der Waals surface area contributed by atoms with Gasteiger partial charge in [-0.2, -0.15) is 0 Å². The molecule has 0 aromatic carbocycles. The molecular formula is C22H24N2S3. The lowest BCUT2D eigenvalue weighted by atomic mass is 9.85. The van der Waals surface area contributed by atoms with Gasteiger partial charge in [0.1, 0.15) is 0 Å². The number of hydrogen-bond donors (Lipinski definition) is 1. The lowest BCUT2D eigenvalue weighted by molar-refractivity contribution is 0.690. The number of fused-ring (bicyclic) bond motifs is 2. The maximum absolute atomic E-state index is 4.79. The van der Waals surface area contributed by atoms with E-state index in [1.54, 1.807) is 10.4 Å². The Morgan fingerprint density at radius 2 is 2.04 bits per heavy atom. The van der Waals surface area contributed by atoms with E-state index >= 15 is 0 Å². The highest BCUT2D eigenvalue weighted by Gasteiger charge is 2.35. The van der Waals surface area contributed by atoms with Crippen LogP contribution in [0.15, 0.2) is 28.7 Å².